The molecule has 0 saturated heterocycles. The van der Waals surface area contributed by atoms with Crippen LogP contribution in [0, 0.1) is 12.3 Å². The molecule has 1 aliphatic carbocycles. The number of hydrogen-bond acceptors (Lipinski definition) is 1. The highest BCUT2D eigenvalue weighted by atomic mass is 14.6. The molecule has 64 valence electrons. The van der Waals surface area contributed by atoms with Crippen LogP contribution in [0.15, 0.2) is 24.3 Å². The minimum atomic E-state index is 0.0647. The van der Waals surface area contributed by atoms with Crippen LogP contribution in [-0.4, -0.2) is 0 Å². The third-order valence-corrected chi connectivity index (χ3v) is 2.30. The van der Waals surface area contributed by atoms with Crippen LogP contribution in [0.2, 0.25) is 0 Å². The summed E-state index contributed by atoms with van der Waals surface area (Å²) in [5, 5.41) is 0. The predicted molar refractivity (Wildman–Crippen MR) is 54.9 cm³/mol. The van der Waals surface area contributed by atoms with Crippen LogP contribution in [0.1, 0.15) is 22.7 Å². The van der Waals surface area contributed by atoms with E-state index < -0.39 is 0 Å². The van der Waals surface area contributed by atoms with Crippen LogP contribution in [0.25, 0.3) is 6.08 Å². The van der Waals surface area contributed by atoms with Crippen molar-refractivity contribution in [2.75, 3.05) is 0 Å². The number of rotatable bonds is 1. The molecule has 13 heavy (non-hydrogen) atoms. The molecule has 1 aromatic carbocycles. The molecule has 0 radical (unpaired) electrons. The van der Waals surface area contributed by atoms with Gasteiger partial charge in [0.25, 0.3) is 0 Å². The second-order valence-electron chi connectivity index (χ2n) is 3.23. The standard InChI is InChI=1S/C12H11N/c1-2-3-9-4-6-11-10(8-9)5-7-12(11)13/h1,4-8,12H,3,13H2. The Kier molecular flexibility index (Phi) is 1.92. The van der Waals surface area contributed by atoms with E-state index in [9.17, 15) is 0 Å². The lowest BCUT2D eigenvalue weighted by Crippen LogP contribution is -2.04. The minimum absolute atomic E-state index is 0.0647. The van der Waals surface area contributed by atoms with E-state index in [0.29, 0.717) is 6.42 Å². The Morgan fingerprint density at radius 1 is 1.46 bits per heavy atom. The zero-order valence-corrected chi connectivity index (χ0v) is 7.33. The van der Waals surface area contributed by atoms with Gasteiger partial charge in [-0.1, -0.05) is 30.4 Å². The molecule has 0 spiro atoms. The number of benzene rings is 1. The zero-order valence-electron chi connectivity index (χ0n) is 7.33. The molecule has 1 aliphatic rings. The van der Waals surface area contributed by atoms with E-state index >= 15 is 0 Å². The van der Waals surface area contributed by atoms with Gasteiger partial charge in [-0.05, 0) is 16.7 Å². The quantitative estimate of drug-likeness (QED) is 0.638. The summed E-state index contributed by atoms with van der Waals surface area (Å²) >= 11 is 0. The Balaban J connectivity index is 2.40. The van der Waals surface area contributed by atoms with Crippen LogP contribution in [0.3, 0.4) is 0 Å². The van der Waals surface area contributed by atoms with E-state index in [1.54, 1.807) is 0 Å². The fourth-order valence-corrected chi connectivity index (χ4v) is 1.61. The highest BCUT2D eigenvalue weighted by Crippen LogP contribution is 2.26. The molecule has 1 atom stereocenters. The van der Waals surface area contributed by atoms with Crippen LogP contribution >= 0.6 is 0 Å². The average Bonchev–Trinajstić information content (AvgIpc) is 2.48. The van der Waals surface area contributed by atoms with Crippen molar-refractivity contribution in [3.05, 3.63) is 41.0 Å². The highest BCUT2D eigenvalue weighted by Gasteiger charge is 2.12. The second kappa shape index (κ2) is 3.08. The number of nitrogens with two attached hydrogens (primary N) is 1. The first-order valence-corrected chi connectivity index (χ1v) is 4.31. The molecule has 1 unspecified atom stereocenters. The summed E-state index contributed by atoms with van der Waals surface area (Å²) in [6.07, 6.45) is 9.99. The van der Waals surface area contributed by atoms with E-state index in [4.69, 9.17) is 12.2 Å². The Labute approximate surface area is 78.3 Å². The molecule has 1 nitrogen and oxygen atoms in total. The largest absolute Gasteiger partial charge is 0.321 e. The molecule has 1 aromatic rings. The minimum Gasteiger partial charge on any atom is -0.321 e. The molecular formula is C12H11N. The third-order valence-electron chi connectivity index (χ3n) is 2.30. The van der Waals surface area contributed by atoms with Crippen molar-refractivity contribution in [1.29, 1.82) is 0 Å². The summed E-state index contributed by atoms with van der Waals surface area (Å²) in [6.45, 7) is 0. The molecule has 2 N–H and O–H groups in total. The van der Waals surface area contributed by atoms with Crippen LogP contribution in [0.5, 0.6) is 0 Å². The first-order chi connectivity index (χ1) is 6.31. The normalized spacial score (nSPS) is 18.3. The summed E-state index contributed by atoms with van der Waals surface area (Å²) in [7, 11) is 0. The van der Waals surface area contributed by atoms with Crippen molar-refractivity contribution in [2.45, 2.75) is 12.5 Å². The van der Waals surface area contributed by atoms with Crippen molar-refractivity contribution < 1.29 is 0 Å². The Morgan fingerprint density at radius 3 is 3.08 bits per heavy atom. The fourth-order valence-electron chi connectivity index (χ4n) is 1.61. The van der Waals surface area contributed by atoms with E-state index in [1.165, 1.54) is 16.7 Å². The predicted octanol–water partition coefficient (Wildman–Crippen LogP) is 1.89. The molecular weight excluding hydrogens is 158 g/mol. The van der Waals surface area contributed by atoms with Crippen molar-refractivity contribution in [2.24, 2.45) is 5.73 Å². The van der Waals surface area contributed by atoms with Crippen molar-refractivity contribution in [3.8, 4) is 12.3 Å². The van der Waals surface area contributed by atoms with Gasteiger partial charge in [0.2, 0.25) is 0 Å². The molecule has 0 amide bonds. The molecule has 0 aromatic heterocycles. The van der Waals surface area contributed by atoms with Gasteiger partial charge in [0, 0.05) is 12.5 Å². The van der Waals surface area contributed by atoms with Crippen LogP contribution in [0.4, 0.5) is 0 Å². The first-order valence-electron chi connectivity index (χ1n) is 4.31. The third kappa shape index (κ3) is 1.37. The van der Waals surface area contributed by atoms with Gasteiger partial charge in [-0.15, -0.1) is 12.3 Å². The fraction of sp³-hybridized carbons (Fsp3) is 0.167. The zero-order chi connectivity index (χ0) is 9.26. The van der Waals surface area contributed by atoms with E-state index in [-0.39, 0.29) is 6.04 Å². The van der Waals surface area contributed by atoms with Crippen molar-refractivity contribution >= 4 is 6.08 Å². The van der Waals surface area contributed by atoms with Gasteiger partial charge < -0.3 is 5.73 Å². The lowest BCUT2D eigenvalue weighted by atomic mass is 10.0. The summed E-state index contributed by atoms with van der Waals surface area (Å²) in [5.41, 5.74) is 9.43. The second-order valence-corrected chi connectivity index (χ2v) is 3.23. The molecule has 1 heteroatoms. The van der Waals surface area contributed by atoms with Gasteiger partial charge in [0.05, 0.1) is 0 Å². The Hall–Kier alpha value is -1.52. The lowest BCUT2D eigenvalue weighted by molar-refractivity contribution is 0.929. The summed E-state index contributed by atoms with van der Waals surface area (Å²) in [6, 6.07) is 6.28. The maximum atomic E-state index is 5.84. The number of hydrogen-bond donors (Lipinski definition) is 1. The Bertz CT molecular complexity index is 396. The maximum Gasteiger partial charge on any atom is 0.0490 e. The van der Waals surface area contributed by atoms with Gasteiger partial charge in [-0.25, -0.2) is 0 Å². The summed E-state index contributed by atoms with van der Waals surface area (Å²) in [5.74, 6) is 2.63. The maximum absolute atomic E-state index is 5.84. The molecule has 2 rings (SSSR count). The van der Waals surface area contributed by atoms with Crippen molar-refractivity contribution in [3.63, 3.8) is 0 Å². The Morgan fingerprint density at radius 2 is 2.31 bits per heavy atom. The molecule has 0 saturated carbocycles. The number of terminal acetylenes is 1. The van der Waals surface area contributed by atoms with E-state index in [0.717, 1.165) is 0 Å². The average molecular weight is 169 g/mol. The SMILES string of the molecule is C#CCc1ccc2c(c1)C=CC2N. The lowest BCUT2D eigenvalue weighted by Gasteiger charge is -2.05. The summed E-state index contributed by atoms with van der Waals surface area (Å²) < 4.78 is 0. The monoisotopic (exact) mass is 169 g/mol. The first kappa shape index (κ1) is 8.10. The van der Waals surface area contributed by atoms with Crippen molar-refractivity contribution in [1.82, 2.24) is 0 Å². The highest BCUT2D eigenvalue weighted by molar-refractivity contribution is 5.62. The van der Waals surface area contributed by atoms with Crippen LogP contribution < -0.4 is 5.73 Å². The molecule has 0 aliphatic heterocycles. The van der Waals surface area contributed by atoms with Gasteiger partial charge in [-0.3, -0.25) is 0 Å². The van der Waals surface area contributed by atoms with Crippen LogP contribution in [-0.2, 0) is 6.42 Å². The van der Waals surface area contributed by atoms with E-state index in [2.05, 4.69) is 24.1 Å². The van der Waals surface area contributed by atoms with Gasteiger partial charge in [0.15, 0.2) is 0 Å². The summed E-state index contributed by atoms with van der Waals surface area (Å²) in [4.78, 5) is 0. The number of fused-ring (bicyclic) bond motifs is 1. The topological polar surface area (TPSA) is 26.0 Å². The van der Waals surface area contributed by atoms with Gasteiger partial charge >= 0.3 is 0 Å². The molecule has 0 bridgehead atoms. The van der Waals surface area contributed by atoms with Gasteiger partial charge in [0.1, 0.15) is 0 Å². The molecule has 0 heterocycles. The smallest absolute Gasteiger partial charge is 0.0490 e. The molecule has 0 fully saturated rings. The van der Waals surface area contributed by atoms with Gasteiger partial charge in [-0.2, -0.15) is 0 Å². The van der Waals surface area contributed by atoms with E-state index in [1.807, 2.05) is 12.1 Å².